The third-order valence-corrected chi connectivity index (χ3v) is 4.41. The van der Waals surface area contributed by atoms with Crippen molar-refractivity contribution in [2.45, 2.75) is 47.1 Å². The zero-order valence-electron chi connectivity index (χ0n) is 13.5. The molecular formula is C19H29N. The van der Waals surface area contributed by atoms with E-state index in [2.05, 4.69) is 70.4 Å². The molecule has 0 spiro atoms. The maximum absolute atomic E-state index is 4.31. The maximum atomic E-state index is 4.31. The normalized spacial score (nSPS) is 15.2. The average Bonchev–Trinajstić information content (AvgIpc) is 2.43. The van der Waals surface area contributed by atoms with Gasteiger partial charge in [0.05, 0.1) is 0 Å². The molecule has 1 N–H and O–H groups in total. The van der Waals surface area contributed by atoms with Gasteiger partial charge >= 0.3 is 0 Å². The summed E-state index contributed by atoms with van der Waals surface area (Å²) in [6.45, 7) is 18.2. The molecule has 0 aliphatic heterocycles. The van der Waals surface area contributed by atoms with E-state index in [1.54, 1.807) is 0 Å². The zero-order valence-corrected chi connectivity index (χ0v) is 13.5. The van der Waals surface area contributed by atoms with Crippen LogP contribution in [0.3, 0.4) is 0 Å². The van der Waals surface area contributed by atoms with E-state index in [-0.39, 0.29) is 5.41 Å². The van der Waals surface area contributed by atoms with Gasteiger partial charge in [-0.1, -0.05) is 69.7 Å². The predicted molar refractivity (Wildman–Crippen MR) is 89.4 cm³/mol. The Morgan fingerprint density at radius 2 is 1.85 bits per heavy atom. The van der Waals surface area contributed by atoms with E-state index in [1.165, 1.54) is 11.1 Å². The van der Waals surface area contributed by atoms with Gasteiger partial charge in [-0.05, 0) is 24.8 Å². The fourth-order valence-corrected chi connectivity index (χ4v) is 2.66. The summed E-state index contributed by atoms with van der Waals surface area (Å²) in [7, 11) is 0. The lowest BCUT2D eigenvalue weighted by Gasteiger charge is -2.38. The molecule has 1 heteroatoms. The highest BCUT2D eigenvalue weighted by atomic mass is 14.9. The summed E-state index contributed by atoms with van der Waals surface area (Å²) in [5, 5.41) is 3.52. The lowest BCUT2D eigenvalue weighted by atomic mass is 9.70. The molecule has 1 aromatic rings. The second kappa shape index (κ2) is 7.33. The topological polar surface area (TPSA) is 12.0 Å². The first-order valence-corrected chi connectivity index (χ1v) is 7.51. The highest BCUT2D eigenvalue weighted by molar-refractivity contribution is 5.18. The number of allylic oxidation sites excluding steroid dienone is 2. The molecule has 0 amide bonds. The van der Waals surface area contributed by atoms with Gasteiger partial charge in [0.25, 0.3) is 0 Å². The van der Waals surface area contributed by atoms with Crippen molar-refractivity contribution in [1.82, 2.24) is 5.32 Å². The summed E-state index contributed by atoms with van der Waals surface area (Å²) < 4.78 is 0. The molecule has 0 aromatic heterocycles. The molecule has 1 nitrogen and oxygen atoms in total. The van der Waals surface area contributed by atoms with Gasteiger partial charge in [0.15, 0.2) is 0 Å². The van der Waals surface area contributed by atoms with Gasteiger partial charge in [-0.3, -0.25) is 0 Å². The van der Waals surface area contributed by atoms with Crippen LogP contribution >= 0.6 is 0 Å². The van der Waals surface area contributed by atoms with Crippen LogP contribution in [0.15, 0.2) is 54.8 Å². The van der Waals surface area contributed by atoms with Crippen LogP contribution in [0.4, 0.5) is 0 Å². The van der Waals surface area contributed by atoms with Crippen LogP contribution < -0.4 is 5.32 Å². The fraction of sp³-hybridized carbons (Fsp3) is 0.474. The van der Waals surface area contributed by atoms with E-state index in [0.29, 0.717) is 5.92 Å². The van der Waals surface area contributed by atoms with Crippen molar-refractivity contribution >= 4 is 0 Å². The maximum Gasteiger partial charge on any atom is 0.0397 e. The second-order valence-corrected chi connectivity index (χ2v) is 6.18. The summed E-state index contributed by atoms with van der Waals surface area (Å²) in [6, 6.07) is 10.5. The first-order chi connectivity index (χ1) is 9.40. The Morgan fingerprint density at radius 3 is 2.35 bits per heavy atom. The van der Waals surface area contributed by atoms with E-state index >= 15 is 0 Å². The summed E-state index contributed by atoms with van der Waals surface area (Å²) in [5.41, 5.74) is 3.69. The molecule has 0 saturated heterocycles. The van der Waals surface area contributed by atoms with E-state index in [9.17, 15) is 0 Å². The fourth-order valence-electron chi connectivity index (χ4n) is 2.66. The van der Waals surface area contributed by atoms with Crippen LogP contribution in [0.25, 0.3) is 0 Å². The quantitative estimate of drug-likeness (QED) is 0.632. The first-order valence-electron chi connectivity index (χ1n) is 7.51. The van der Waals surface area contributed by atoms with Gasteiger partial charge in [-0.25, -0.2) is 0 Å². The minimum absolute atomic E-state index is 0.0648. The smallest absolute Gasteiger partial charge is 0.0397 e. The van der Waals surface area contributed by atoms with Crippen molar-refractivity contribution in [2.24, 2.45) is 11.3 Å². The van der Waals surface area contributed by atoms with E-state index in [0.717, 1.165) is 25.1 Å². The van der Waals surface area contributed by atoms with Crippen molar-refractivity contribution < 1.29 is 0 Å². The summed E-state index contributed by atoms with van der Waals surface area (Å²) in [5.74, 6) is 0.579. The van der Waals surface area contributed by atoms with Crippen molar-refractivity contribution in [3.63, 3.8) is 0 Å². The van der Waals surface area contributed by atoms with Gasteiger partial charge in [-0.15, -0.1) is 6.58 Å². The zero-order chi connectivity index (χ0) is 15.2. The Labute approximate surface area is 124 Å². The summed E-state index contributed by atoms with van der Waals surface area (Å²) in [4.78, 5) is 0. The predicted octanol–water partition coefficient (Wildman–Crippen LogP) is 5.31. The molecular weight excluding hydrogens is 242 g/mol. The van der Waals surface area contributed by atoms with Crippen LogP contribution in [0.5, 0.6) is 0 Å². The van der Waals surface area contributed by atoms with Gasteiger partial charge in [-0.2, -0.15) is 0 Å². The number of rotatable bonds is 8. The Kier molecular flexibility index (Phi) is 6.06. The van der Waals surface area contributed by atoms with Crippen LogP contribution in [0.1, 0.15) is 46.1 Å². The van der Waals surface area contributed by atoms with E-state index in [1.807, 2.05) is 6.07 Å². The minimum Gasteiger partial charge on any atom is -0.384 e. The average molecular weight is 271 g/mol. The van der Waals surface area contributed by atoms with Crippen molar-refractivity contribution in [2.75, 3.05) is 0 Å². The lowest BCUT2D eigenvalue weighted by molar-refractivity contribution is 0.233. The molecule has 0 aliphatic carbocycles. The standard InChI is InChI=1S/C19H29N/c1-7-16(4)19(6,13-15(2)3)17(5)20-14-18-11-9-8-10-12-18/h8-12,16,20H,2,5,7,13-14H2,1,3-4,6H3. The number of nitrogens with one attached hydrogen (secondary N) is 1. The summed E-state index contributed by atoms with van der Waals surface area (Å²) in [6.07, 6.45) is 2.14. The van der Waals surface area contributed by atoms with Crippen molar-refractivity contribution in [3.05, 3.63) is 60.3 Å². The largest absolute Gasteiger partial charge is 0.384 e. The molecule has 0 bridgehead atoms. The Hall–Kier alpha value is -1.50. The van der Waals surface area contributed by atoms with Gasteiger partial charge in [0, 0.05) is 17.7 Å². The minimum atomic E-state index is 0.0648. The molecule has 1 aromatic carbocycles. The second-order valence-electron chi connectivity index (χ2n) is 6.18. The molecule has 0 radical (unpaired) electrons. The monoisotopic (exact) mass is 271 g/mol. The number of benzene rings is 1. The van der Waals surface area contributed by atoms with Crippen LogP contribution in [-0.2, 0) is 6.54 Å². The van der Waals surface area contributed by atoms with Crippen LogP contribution in [0, 0.1) is 11.3 Å². The van der Waals surface area contributed by atoms with Gasteiger partial charge < -0.3 is 5.32 Å². The molecule has 0 fully saturated rings. The molecule has 0 aliphatic rings. The highest BCUT2D eigenvalue weighted by Gasteiger charge is 2.33. The third kappa shape index (κ3) is 4.26. The Balaban J connectivity index is 2.76. The molecule has 20 heavy (non-hydrogen) atoms. The van der Waals surface area contributed by atoms with Crippen LogP contribution in [-0.4, -0.2) is 0 Å². The van der Waals surface area contributed by atoms with E-state index in [4.69, 9.17) is 0 Å². The van der Waals surface area contributed by atoms with Crippen LogP contribution in [0.2, 0.25) is 0 Å². The molecule has 2 unspecified atom stereocenters. The number of hydrogen-bond acceptors (Lipinski definition) is 1. The molecule has 0 heterocycles. The highest BCUT2D eigenvalue weighted by Crippen LogP contribution is 2.40. The molecule has 0 saturated carbocycles. The number of hydrogen-bond donors (Lipinski definition) is 1. The SMILES string of the molecule is C=C(C)CC(C)(C(=C)NCc1ccccc1)C(C)CC. The van der Waals surface area contributed by atoms with Gasteiger partial charge in [0.2, 0.25) is 0 Å². The molecule has 2 atom stereocenters. The molecule has 1 rings (SSSR count). The van der Waals surface area contributed by atoms with Gasteiger partial charge in [0.1, 0.15) is 0 Å². The first kappa shape index (κ1) is 16.6. The Bertz CT molecular complexity index is 446. The summed E-state index contributed by atoms with van der Waals surface area (Å²) >= 11 is 0. The van der Waals surface area contributed by atoms with Crippen molar-refractivity contribution in [1.29, 1.82) is 0 Å². The van der Waals surface area contributed by atoms with Crippen molar-refractivity contribution in [3.8, 4) is 0 Å². The molecule has 110 valence electrons. The van der Waals surface area contributed by atoms with E-state index < -0.39 is 0 Å². The Morgan fingerprint density at radius 1 is 1.25 bits per heavy atom. The third-order valence-electron chi connectivity index (χ3n) is 4.41. The lowest BCUT2D eigenvalue weighted by Crippen LogP contribution is -2.34.